The van der Waals surface area contributed by atoms with E-state index in [9.17, 15) is 0 Å². The smallest absolute Gasteiger partial charge is 0.235 e. The second-order valence-electron chi connectivity index (χ2n) is 20.9. The zero-order valence-corrected chi connectivity index (χ0v) is 41.8. The van der Waals surface area contributed by atoms with Crippen molar-refractivity contribution in [2.24, 2.45) is 0 Å². The lowest BCUT2D eigenvalue weighted by molar-refractivity contribution is 0.661. The third kappa shape index (κ3) is 6.26. The van der Waals surface area contributed by atoms with Gasteiger partial charge in [-0.1, -0.05) is 178 Å². The van der Waals surface area contributed by atoms with Gasteiger partial charge in [0.2, 0.25) is 5.95 Å². The molecule has 0 fully saturated rings. The fraction of sp³-hybridized carbons (Fsp3) is 0.0423. The maximum Gasteiger partial charge on any atom is 0.235 e. The highest BCUT2D eigenvalue weighted by Crippen LogP contribution is 2.51. The first kappa shape index (κ1) is 42.6. The Labute approximate surface area is 438 Å². The minimum Gasteiger partial charge on any atom is -0.456 e. The van der Waals surface area contributed by atoms with E-state index in [-0.39, 0.29) is 5.41 Å². The molecule has 0 radical (unpaired) electrons. The SMILES string of the molecule is CC1(C)c2ccccc2-c2cc3c(cc21)c1cc(-c2ccc4oc5cccc(-c6ccc7c(c6)c6ccccc6n7-c6ccccc6)c5c4c2)ccc1n3-c1nc(-c2ccc(-c3ccccc3)cc2)c2ccccc2n1. The number of para-hydroxylation sites is 3. The van der Waals surface area contributed by atoms with E-state index >= 15 is 0 Å². The summed E-state index contributed by atoms with van der Waals surface area (Å²) in [6.07, 6.45) is 0. The Balaban J connectivity index is 0.881. The summed E-state index contributed by atoms with van der Waals surface area (Å²) in [6.45, 7) is 4.71. The van der Waals surface area contributed by atoms with Crippen LogP contribution in [-0.4, -0.2) is 19.1 Å². The first-order valence-electron chi connectivity index (χ1n) is 26.1. The second-order valence-corrected chi connectivity index (χ2v) is 20.9. The zero-order chi connectivity index (χ0) is 50.2. The standard InChI is InChI=1S/C71H46N4O/c1-71(2)59-24-12-9-20-51(59)54-42-65-57(41-60(54)71)56-38-46(32-35-64(56)75(65)70-72-61-25-13-10-22-53(61)69(73-70)45-30-28-44(29-31-45)43-16-5-3-6-17-43)47-34-37-66-58(39-47)68-50(23-15-27-67(68)76-66)48-33-36-63-55(40-48)52-21-11-14-26-62(52)74(63)49-18-7-4-8-19-49/h3-42H,1-2H3. The van der Waals surface area contributed by atoms with E-state index in [1.807, 2.05) is 0 Å². The third-order valence-corrected chi connectivity index (χ3v) is 16.4. The van der Waals surface area contributed by atoms with E-state index in [4.69, 9.17) is 14.4 Å². The van der Waals surface area contributed by atoms with Crippen LogP contribution in [0.1, 0.15) is 25.0 Å². The number of aromatic nitrogens is 4. The van der Waals surface area contributed by atoms with Crippen molar-refractivity contribution in [2.45, 2.75) is 19.3 Å². The molecule has 0 amide bonds. The molecule has 15 aromatic rings. The van der Waals surface area contributed by atoms with Crippen molar-refractivity contribution in [1.29, 1.82) is 0 Å². The molecular formula is C71H46N4O. The molecule has 4 heterocycles. The fourth-order valence-electron chi connectivity index (χ4n) is 12.7. The number of benzene rings is 11. The molecule has 0 N–H and O–H groups in total. The molecule has 76 heavy (non-hydrogen) atoms. The van der Waals surface area contributed by atoms with E-state index in [0.29, 0.717) is 5.95 Å². The van der Waals surface area contributed by atoms with Crippen LogP contribution in [0.4, 0.5) is 0 Å². The molecule has 356 valence electrons. The van der Waals surface area contributed by atoms with Crippen LogP contribution >= 0.6 is 0 Å². The first-order valence-corrected chi connectivity index (χ1v) is 26.1. The zero-order valence-electron chi connectivity index (χ0n) is 41.8. The van der Waals surface area contributed by atoms with Gasteiger partial charge in [-0.05, 0) is 134 Å². The van der Waals surface area contributed by atoms with Gasteiger partial charge >= 0.3 is 0 Å². The minimum atomic E-state index is -0.181. The molecule has 4 aromatic heterocycles. The van der Waals surface area contributed by atoms with Crippen LogP contribution in [0.15, 0.2) is 247 Å². The first-order chi connectivity index (χ1) is 37.4. The topological polar surface area (TPSA) is 48.8 Å². The maximum atomic E-state index is 6.67. The van der Waals surface area contributed by atoms with E-state index in [1.54, 1.807) is 0 Å². The molecule has 0 saturated heterocycles. The molecule has 11 aromatic carbocycles. The predicted octanol–water partition coefficient (Wildman–Crippen LogP) is 18.7. The van der Waals surface area contributed by atoms with Crippen molar-refractivity contribution in [3.63, 3.8) is 0 Å². The van der Waals surface area contributed by atoms with Crippen LogP contribution in [-0.2, 0) is 5.41 Å². The summed E-state index contributed by atoms with van der Waals surface area (Å²) in [7, 11) is 0. The van der Waals surface area contributed by atoms with Gasteiger partial charge in [0.1, 0.15) is 11.2 Å². The van der Waals surface area contributed by atoms with Crippen molar-refractivity contribution < 1.29 is 4.42 Å². The van der Waals surface area contributed by atoms with Gasteiger partial charge in [0.25, 0.3) is 0 Å². The highest BCUT2D eigenvalue weighted by Gasteiger charge is 2.36. The van der Waals surface area contributed by atoms with Crippen LogP contribution < -0.4 is 0 Å². The normalized spacial score (nSPS) is 13.0. The quantitative estimate of drug-likeness (QED) is 0.167. The number of furan rings is 1. The van der Waals surface area contributed by atoms with E-state index < -0.39 is 0 Å². The Kier molecular flexibility index (Phi) is 9.02. The summed E-state index contributed by atoms with van der Waals surface area (Å²) >= 11 is 0. The highest BCUT2D eigenvalue weighted by atomic mass is 16.3. The van der Waals surface area contributed by atoms with Crippen LogP contribution in [0, 0.1) is 0 Å². The molecule has 0 spiro atoms. The molecule has 0 aliphatic heterocycles. The van der Waals surface area contributed by atoms with Crippen molar-refractivity contribution in [1.82, 2.24) is 19.1 Å². The second kappa shape index (κ2) is 16.1. The van der Waals surface area contributed by atoms with Gasteiger partial charge in [-0.15, -0.1) is 0 Å². The Bertz CT molecular complexity index is 4880. The third-order valence-electron chi connectivity index (χ3n) is 16.4. The van der Waals surface area contributed by atoms with Gasteiger partial charge < -0.3 is 8.98 Å². The summed E-state index contributed by atoms with van der Waals surface area (Å²) in [5.41, 5.74) is 22.1. The molecule has 16 rings (SSSR count). The summed E-state index contributed by atoms with van der Waals surface area (Å²) < 4.78 is 11.3. The lowest BCUT2D eigenvalue weighted by Gasteiger charge is -2.21. The molecule has 5 heteroatoms. The molecule has 0 bridgehead atoms. The summed E-state index contributed by atoms with van der Waals surface area (Å²) in [5, 5.41) is 7.97. The van der Waals surface area contributed by atoms with Crippen LogP contribution in [0.25, 0.3) is 144 Å². The molecule has 0 unspecified atom stereocenters. The monoisotopic (exact) mass is 970 g/mol. The van der Waals surface area contributed by atoms with E-state index in [0.717, 1.165) is 88.5 Å². The molecule has 5 nitrogen and oxygen atoms in total. The van der Waals surface area contributed by atoms with Gasteiger partial charge in [-0.2, -0.15) is 0 Å². The lowest BCUT2D eigenvalue weighted by Crippen LogP contribution is -2.14. The van der Waals surface area contributed by atoms with Gasteiger partial charge in [-0.3, -0.25) is 4.57 Å². The van der Waals surface area contributed by atoms with Crippen LogP contribution in [0.3, 0.4) is 0 Å². The van der Waals surface area contributed by atoms with Crippen LogP contribution in [0.2, 0.25) is 0 Å². The van der Waals surface area contributed by atoms with E-state index in [1.165, 1.54) is 60.6 Å². The Hall–Kier alpha value is -9.84. The largest absolute Gasteiger partial charge is 0.456 e. The Morgan fingerprint density at radius 3 is 1.78 bits per heavy atom. The number of rotatable bonds is 6. The average Bonchev–Trinajstić information content (AvgIpc) is 4.19. The number of hydrogen-bond donors (Lipinski definition) is 0. The predicted molar refractivity (Wildman–Crippen MR) is 315 cm³/mol. The van der Waals surface area contributed by atoms with Crippen molar-refractivity contribution in [3.05, 3.63) is 254 Å². The molecule has 1 aliphatic rings. The maximum absolute atomic E-state index is 6.67. The van der Waals surface area contributed by atoms with Gasteiger partial charge in [0.15, 0.2) is 0 Å². The average molecular weight is 971 g/mol. The summed E-state index contributed by atoms with van der Waals surface area (Å²) in [4.78, 5) is 10.9. The number of hydrogen-bond acceptors (Lipinski definition) is 3. The van der Waals surface area contributed by atoms with Gasteiger partial charge in [0, 0.05) is 54.4 Å². The lowest BCUT2D eigenvalue weighted by atomic mass is 9.82. The molecule has 0 atom stereocenters. The Morgan fingerprint density at radius 1 is 0.342 bits per heavy atom. The van der Waals surface area contributed by atoms with Crippen molar-refractivity contribution >= 4 is 76.5 Å². The molecule has 0 saturated carbocycles. The van der Waals surface area contributed by atoms with Gasteiger partial charge in [-0.25, -0.2) is 9.97 Å². The van der Waals surface area contributed by atoms with E-state index in [2.05, 4.69) is 266 Å². The van der Waals surface area contributed by atoms with Crippen molar-refractivity contribution in [2.75, 3.05) is 0 Å². The summed E-state index contributed by atoms with van der Waals surface area (Å²) in [6, 6.07) is 87.7. The molecule has 1 aliphatic carbocycles. The Morgan fingerprint density at radius 2 is 0.934 bits per heavy atom. The number of fused-ring (bicyclic) bond motifs is 13. The minimum absolute atomic E-state index is 0.181. The van der Waals surface area contributed by atoms with Crippen molar-refractivity contribution in [3.8, 4) is 67.4 Å². The molecular weight excluding hydrogens is 925 g/mol. The fourth-order valence-corrected chi connectivity index (χ4v) is 12.7. The van der Waals surface area contributed by atoms with Gasteiger partial charge in [0.05, 0.1) is 33.3 Å². The number of nitrogens with zero attached hydrogens (tertiary/aromatic N) is 4. The highest BCUT2D eigenvalue weighted by molar-refractivity contribution is 6.17. The van der Waals surface area contributed by atoms with Crippen LogP contribution in [0.5, 0.6) is 0 Å². The summed E-state index contributed by atoms with van der Waals surface area (Å²) in [5.74, 6) is 0.640.